The summed E-state index contributed by atoms with van der Waals surface area (Å²) < 4.78 is 5.51. The summed E-state index contributed by atoms with van der Waals surface area (Å²) in [5.74, 6) is -0.869. The first kappa shape index (κ1) is 17.2. The molecule has 2 aromatic carbocycles. The van der Waals surface area contributed by atoms with Crippen molar-refractivity contribution in [3.63, 3.8) is 0 Å². The monoisotopic (exact) mass is 337 g/mol. The minimum atomic E-state index is -1.38. The highest BCUT2D eigenvalue weighted by molar-refractivity contribution is 6.14. The minimum Gasteiger partial charge on any atom is -0.461 e. The molecule has 2 unspecified atom stereocenters. The van der Waals surface area contributed by atoms with Crippen molar-refractivity contribution >= 4 is 17.4 Å². The van der Waals surface area contributed by atoms with Crippen molar-refractivity contribution in [2.24, 2.45) is 0 Å². The van der Waals surface area contributed by atoms with Crippen molar-refractivity contribution < 1.29 is 14.3 Å². The molecule has 1 fully saturated rings. The molecule has 4 heteroatoms. The zero-order chi connectivity index (χ0) is 17.9. The summed E-state index contributed by atoms with van der Waals surface area (Å²) in [6.07, 6.45) is 0.689. The van der Waals surface area contributed by atoms with Crippen LogP contribution in [0.3, 0.4) is 0 Å². The maximum Gasteiger partial charge on any atom is 0.340 e. The third-order valence-electron chi connectivity index (χ3n) is 4.60. The lowest BCUT2D eigenvalue weighted by atomic mass is 9.81. The van der Waals surface area contributed by atoms with Gasteiger partial charge in [-0.2, -0.15) is 0 Å². The molecule has 0 aliphatic heterocycles. The average Bonchev–Trinajstić information content (AvgIpc) is 2.93. The molecule has 0 spiro atoms. The number of carbonyl (C=O) groups is 2. The molecule has 0 saturated heterocycles. The summed E-state index contributed by atoms with van der Waals surface area (Å²) >= 11 is 0. The number of hydrogen-bond donors (Lipinski definition) is 1. The highest BCUT2D eigenvalue weighted by atomic mass is 16.5. The van der Waals surface area contributed by atoms with Crippen molar-refractivity contribution in [2.45, 2.75) is 44.2 Å². The highest BCUT2D eigenvalue weighted by Crippen LogP contribution is 2.43. The molecule has 2 aromatic rings. The van der Waals surface area contributed by atoms with Crippen molar-refractivity contribution in [3.8, 4) is 0 Å². The third kappa shape index (κ3) is 3.29. The number of benzene rings is 2. The normalized spacial score (nSPS) is 22.8. The molecular weight excluding hydrogens is 314 g/mol. The summed E-state index contributed by atoms with van der Waals surface area (Å²) in [6, 6.07) is 19.1. The van der Waals surface area contributed by atoms with E-state index < -0.39 is 11.5 Å². The molecular formula is C21H23NO3. The van der Waals surface area contributed by atoms with Crippen LogP contribution in [0.1, 0.15) is 38.2 Å². The highest BCUT2D eigenvalue weighted by Gasteiger charge is 2.57. The Labute approximate surface area is 148 Å². The fourth-order valence-corrected chi connectivity index (χ4v) is 3.51. The van der Waals surface area contributed by atoms with Gasteiger partial charge in [0.05, 0.1) is 6.10 Å². The summed E-state index contributed by atoms with van der Waals surface area (Å²) in [6.45, 7) is 3.59. The van der Waals surface area contributed by atoms with E-state index in [9.17, 15) is 9.59 Å². The van der Waals surface area contributed by atoms with Gasteiger partial charge >= 0.3 is 5.97 Å². The summed E-state index contributed by atoms with van der Waals surface area (Å²) in [7, 11) is 0. The standard InChI is InChI=1S/C21H23NO3/c1-15(2)25-20(24)21(22-17-11-7-4-8-12-17)18(13-14-19(21)23)16-9-5-3-6-10-16/h3-12,15,18,22H,13-14H2,1-2H3. The number of hydrogen-bond acceptors (Lipinski definition) is 4. The number of carbonyl (C=O) groups excluding carboxylic acids is 2. The lowest BCUT2D eigenvalue weighted by Crippen LogP contribution is -2.55. The number of para-hydroxylation sites is 1. The fourth-order valence-electron chi connectivity index (χ4n) is 3.51. The number of Topliss-reactive ketones (excluding diaryl/α,β-unsaturated/α-hetero) is 1. The molecule has 0 radical (unpaired) electrons. The summed E-state index contributed by atoms with van der Waals surface area (Å²) in [5.41, 5.74) is 0.323. The van der Waals surface area contributed by atoms with Crippen LogP contribution in [0.15, 0.2) is 60.7 Å². The van der Waals surface area contributed by atoms with E-state index in [2.05, 4.69) is 5.32 Å². The van der Waals surface area contributed by atoms with E-state index in [1.807, 2.05) is 60.7 Å². The van der Waals surface area contributed by atoms with Crippen molar-refractivity contribution in [1.29, 1.82) is 0 Å². The topological polar surface area (TPSA) is 55.4 Å². The number of ketones is 1. The van der Waals surface area contributed by atoms with Crippen LogP contribution in [-0.2, 0) is 14.3 Å². The van der Waals surface area contributed by atoms with Gasteiger partial charge in [0.15, 0.2) is 5.78 Å². The van der Waals surface area contributed by atoms with E-state index >= 15 is 0 Å². The Bertz CT molecular complexity index is 742. The van der Waals surface area contributed by atoms with E-state index in [4.69, 9.17) is 4.74 Å². The second kappa shape index (κ2) is 7.09. The van der Waals surface area contributed by atoms with E-state index in [1.165, 1.54) is 0 Å². The molecule has 0 amide bonds. The predicted octanol–water partition coefficient (Wildman–Crippen LogP) is 3.94. The Morgan fingerprint density at radius 2 is 1.68 bits per heavy atom. The van der Waals surface area contributed by atoms with Crippen molar-refractivity contribution in [2.75, 3.05) is 5.32 Å². The number of anilines is 1. The zero-order valence-electron chi connectivity index (χ0n) is 14.6. The number of esters is 1. The van der Waals surface area contributed by atoms with E-state index in [-0.39, 0.29) is 17.8 Å². The maximum absolute atomic E-state index is 13.1. The largest absolute Gasteiger partial charge is 0.461 e. The Morgan fingerprint density at radius 1 is 1.08 bits per heavy atom. The van der Waals surface area contributed by atoms with Gasteiger partial charge in [-0.15, -0.1) is 0 Å². The molecule has 1 aliphatic rings. The van der Waals surface area contributed by atoms with Gasteiger partial charge in [0.25, 0.3) is 0 Å². The van der Waals surface area contributed by atoms with Crippen LogP contribution >= 0.6 is 0 Å². The molecule has 3 rings (SSSR count). The van der Waals surface area contributed by atoms with Crippen LogP contribution in [-0.4, -0.2) is 23.4 Å². The first-order valence-electron chi connectivity index (χ1n) is 8.66. The van der Waals surface area contributed by atoms with Crippen molar-refractivity contribution in [1.82, 2.24) is 0 Å². The SMILES string of the molecule is CC(C)OC(=O)C1(Nc2ccccc2)C(=O)CCC1c1ccccc1. The Morgan fingerprint density at radius 3 is 2.28 bits per heavy atom. The van der Waals surface area contributed by atoms with Crippen LogP contribution in [0, 0.1) is 0 Å². The molecule has 0 heterocycles. The lowest BCUT2D eigenvalue weighted by molar-refractivity contribution is -0.155. The van der Waals surface area contributed by atoms with E-state index in [0.717, 1.165) is 11.3 Å². The van der Waals surface area contributed by atoms with Gasteiger partial charge in [-0.25, -0.2) is 4.79 Å². The van der Waals surface area contributed by atoms with Gasteiger partial charge in [-0.05, 0) is 38.0 Å². The summed E-state index contributed by atoms with van der Waals surface area (Å²) in [5, 5.41) is 3.23. The van der Waals surface area contributed by atoms with Gasteiger partial charge < -0.3 is 10.1 Å². The molecule has 130 valence electrons. The quantitative estimate of drug-likeness (QED) is 0.663. The molecule has 0 bridgehead atoms. The molecule has 2 atom stereocenters. The number of ether oxygens (including phenoxy) is 1. The van der Waals surface area contributed by atoms with Crippen LogP contribution in [0.4, 0.5) is 5.69 Å². The Kier molecular flexibility index (Phi) is 4.88. The van der Waals surface area contributed by atoms with Gasteiger partial charge in [-0.3, -0.25) is 4.79 Å². The molecule has 1 saturated carbocycles. The van der Waals surface area contributed by atoms with Crippen LogP contribution in [0.2, 0.25) is 0 Å². The zero-order valence-corrected chi connectivity index (χ0v) is 14.6. The Balaban J connectivity index is 2.07. The van der Waals surface area contributed by atoms with Gasteiger partial charge in [0.1, 0.15) is 0 Å². The number of nitrogens with one attached hydrogen (secondary N) is 1. The van der Waals surface area contributed by atoms with E-state index in [1.54, 1.807) is 13.8 Å². The first-order chi connectivity index (χ1) is 12.0. The van der Waals surface area contributed by atoms with Crippen LogP contribution in [0.25, 0.3) is 0 Å². The maximum atomic E-state index is 13.1. The van der Waals surface area contributed by atoms with E-state index in [0.29, 0.717) is 12.8 Å². The minimum absolute atomic E-state index is 0.115. The molecule has 25 heavy (non-hydrogen) atoms. The van der Waals surface area contributed by atoms with Crippen LogP contribution < -0.4 is 5.32 Å². The second-order valence-corrected chi connectivity index (χ2v) is 6.68. The second-order valence-electron chi connectivity index (χ2n) is 6.68. The molecule has 1 aliphatic carbocycles. The van der Waals surface area contributed by atoms with Crippen molar-refractivity contribution in [3.05, 3.63) is 66.2 Å². The summed E-state index contributed by atoms with van der Waals surface area (Å²) in [4.78, 5) is 26.0. The smallest absolute Gasteiger partial charge is 0.340 e. The van der Waals surface area contributed by atoms with Gasteiger partial charge in [0.2, 0.25) is 5.54 Å². The lowest BCUT2D eigenvalue weighted by Gasteiger charge is -2.34. The molecule has 0 aromatic heterocycles. The predicted molar refractivity (Wildman–Crippen MR) is 97.4 cm³/mol. The third-order valence-corrected chi connectivity index (χ3v) is 4.60. The van der Waals surface area contributed by atoms with Gasteiger partial charge in [0, 0.05) is 18.0 Å². The number of rotatable bonds is 5. The van der Waals surface area contributed by atoms with Crippen LogP contribution in [0.5, 0.6) is 0 Å². The first-order valence-corrected chi connectivity index (χ1v) is 8.66. The fraction of sp³-hybridized carbons (Fsp3) is 0.333. The average molecular weight is 337 g/mol. The molecule has 1 N–H and O–H groups in total. The van der Waals surface area contributed by atoms with Gasteiger partial charge in [-0.1, -0.05) is 48.5 Å². The Hall–Kier alpha value is -2.62. The molecule has 4 nitrogen and oxygen atoms in total.